The zero-order valence-electron chi connectivity index (χ0n) is 12.5. The van der Waals surface area contributed by atoms with E-state index in [0.717, 1.165) is 31.7 Å². The molecule has 2 unspecified atom stereocenters. The van der Waals surface area contributed by atoms with Gasteiger partial charge in [-0.15, -0.1) is 0 Å². The third-order valence-electron chi connectivity index (χ3n) is 4.42. The van der Waals surface area contributed by atoms with Gasteiger partial charge in [0.05, 0.1) is 30.1 Å². The Balaban J connectivity index is 1.83. The van der Waals surface area contributed by atoms with Crippen LogP contribution >= 0.6 is 0 Å². The van der Waals surface area contributed by atoms with Crippen molar-refractivity contribution in [3.05, 3.63) is 23.8 Å². The van der Waals surface area contributed by atoms with Crippen LogP contribution in [0.5, 0.6) is 0 Å². The van der Waals surface area contributed by atoms with Crippen LogP contribution in [0.4, 0.5) is 11.4 Å². The molecule has 1 heterocycles. The number of nitrogens with two attached hydrogens (primary N) is 1. The Bertz CT molecular complexity index is 532. The second-order valence-corrected chi connectivity index (χ2v) is 5.73. The van der Waals surface area contributed by atoms with Gasteiger partial charge in [-0.25, -0.2) is 0 Å². The Kier molecular flexibility index (Phi) is 4.01. The first-order valence-electron chi connectivity index (χ1n) is 7.76. The maximum atomic E-state index is 11.9. The summed E-state index contributed by atoms with van der Waals surface area (Å²) in [6.07, 6.45) is 3.84. The molecule has 2 fully saturated rings. The molecule has 1 aromatic rings. The summed E-state index contributed by atoms with van der Waals surface area (Å²) in [4.78, 5) is 14.2. The summed E-state index contributed by atoms with van der Waals surface area (Å²) in [5.74, 6) is -0.0727. The van der Waals surface area contributed by atoms with E-state index in [0.29, 0.717) is 29.9 Å². The van der Waals surface area contributed by atoms with E-state index in [2.05, 4.69) is 10.2 Å². The normalized spacial score (nSPS) is 24.7. The van der Waals surface area contributed by atoms with E-state index >= 15 is 0 Å². The molecule has 1 saturated heterocycles. The van der Waals surface area contributed by atoms with Crippen molar-refractivity contribution in [1.82, 2.24) is 5.32 Å². The van der Waals surface area contributed by atoms with Crippen LogP contribution in [0.1, 0.15) is 36.5 Å². The molecule has 0 radical (unpaired) electrons. The quantitative estimate of drug-likeness (QED) is 0.832. The standard InChI is InChI=1S/C16H23N3O2/c1-2-18-16(20)11-6-7-13(12(17)10-11)19-8-9-21-15-5-3-4-14(15)19/h6-7,10,14-15H,2-5,8-9,17H2,1H3,(H,18,20). The molecule has 114 valence electrons. The van der Waals surface area contributed by atoms with Gasteiger partial charge in [0.25, 0.3) is 5.91 Å². The molecule has 1 amide bonds. The first-order valence-corrected chi connectivity index (χ1v) is 7.76. The van der Waals surface area contributed by atoms with E-state index < -0.39 is 0 Å². The predicted molar refractivity (Wildman–Crippen MR) is 83.6 cm³/mol. The summed E-state index contributed by atoms with van der Waals surface area (Å²) in [7, 11) is 0. The highest BCUT2D eigenvalue weighted by Gasteiger charge is 2.36. The number of nitrogen functional groups attached to an aromatic ring is 1. The molecular formula is C16H23N3O2. The highest BCUT2D eigenvalue weighted by Crippen LogP contribution is 2.35. The van der Waals surface area contributed by atoms with Crippen LogP contribution in [0.3, 0.4) is 0 Å². The van der Waals surface area contributed by atoms with Gasteiger partial charge in [-0.3, -0.25) is 4.79 Å². The minimum absolute atomic E-state index is 0.0727. The minimum Gasteiger partial charge on any atom is -0.397 e. The van der Waals surface area contributed by atoms with Gasteiger partial charge in [0, 0.05) is 18.7 Å². The average Bonchev–Trinajstić information content (AvgIpc) is 2.96. The molecule has 1 aliphatic carbocycles. The van der Waals surface area contributed by atoms with Crippen molar-refractivity contribution in [3.63, 3.8) is 0 Å². The van der Waals surface area contributed by atoms with Crippen molar-refractivity contribution in [2.24, 2.45) is 0 Å². The lowest BCUT2D eigenvalue weighted by Crippen LogP contribution is -2.48. The number of hydrogen-bond donors (Lipinski definition) is 2. The Morgan fingerprint density at radius 2 is 2.33 bits per heavy atom. The molecule has 0 aromatic heterocycles. The van der Waals surface area contributed by atoms with Crippen LogP contribution in [0.25, 0.3) is 0 Å². The maximum absolute atomic E-state index is 11.9. The summed E-state index contributed by atoms with van der Waals surface area (Å²) >= 11 is 0. The van der Waals surface area contributed by atoms with Gasteiger partial charge in [-0.2, -0.15) is 0 Å². The molecule has 1 saturated carbocycles. The topological polar surface area (TPSA) is 67.6 Å². The van der Waals surface area contributed by atoms with E-state index in [1.165, 1.54) is 6.42 Å². The Morgan fingerprint density at radius 3 is 3.10 bits per heavy atom. The van der Waals surface area contributed by atoms with Gasteiger partial charge in [-0.1, -0.05) is 0 Å². The largest absolute Gasteiger partial charge is 0.397 e. The molecule has 5 heteroatoms. The number of amides is 1. The Hall–Kier alpha value is -1.75. The minimum atomic E-state index is -0.0727. The van der Waals surface area contributed by atoms with Crippen molar-refractivity contribution in [1.29, 1.82) is 0 Å². The van der Waals surface area contributed by atoms with Crippen LogP contribution in [0.15, 0.2) is 18.2 Å². The number of morpholine rings is 1. The van der Waals surface area contributed by atoms with E-state index in [-0.39, 0.29) is 5.91 Å². The number of carbonyl (C=O) groups is 1. The Labute approximate surface area is 125 Å². The summed E-state index contributed by atoms with van der Waals surface area (Å²) in [5.41, 5.74) is 8.53. The predicted octanol–water partition coefficient (Wildman–Crippen LogP) is 1.78. The molecule has 1 aliphatic heterocycles. The smallest absolute Gasteiger partial charge is 0.251 e. The van der Waals surface area contributed by atoms with Gasteiger partial charge >= 0.3 is 0 Å². The Morgan fingerprint density at radius 1 is 1.48 bits per heavy atom. The van der Waals surface area contributed by atoms with Crippen LogP contribution in [-0.2, 0) is 4.74 Å². The summed E-state index contributed by atoms with van der Waals surface area (Å²) < 4.78 is 5.84. The van der Waals surface area contributed by atoms with Crippen LogP contribution in [0, 0.1) is 0 Å². The lowest BCUT2D eigenvalue weighted by atomic mass is 10.1. The van der Waals surface area contributed by atoms with Crippen molar-refractivity contribution in [2.75, 3.05) is 30.3 Å². The molecule has 1 aromatic carbocycles. The molecular weight excluding hydrogens is 266 g/mol. The number of fused-ring (bicyclic) bond motifs is 1. The average molecular weight is 289 g/mol. The SMILES string of the molecule is CCNC(=O)c1ccc(N2CCOC3CCCC32)c(N)c1. The fraction of sp³-hybridized carbons (Fsp3) is 0.562. The van der Waals surface area contributed by atoms with Crippen LogP contribution in [-0.4, -0.2) is 37.7 Å². The number of nitrogens with one attached hydrogen (secondary N) is 1. The number of hydrogen-bond acceptors (Lipinski definition) is 4. The highest BCUT2D eigenvalue weighted by atomic mass is 16.5. The van der Waals surface area contributed by atoms with Crippen molar-refractivity contribution >= 4 is 17.3 Å². The fourth-order valence-corrected chi connectivity index (χ4v) is 3.44. The van der Waals surface area contributed by atoms with Gasteiger partial charge in [-0.05, 0) is 44.4 Å². The molecule has 0 spiro atoms. The molecule has 21 heavy (non-hydrogen) atoms. The summed E-state index contributed by atoms with van der Waals surface area (Å²) in [6, 6.07) is 6.03. The summed E-state index contributed by atoms with van der Waals surface area (Å²) in [5, 5.41) is 2.80. The lowest BCUT2D eigenvalue weighted by Gasteiger charge is -2.40. The first-order chi connectivity index (χ1) is 10.2. The second kappa shape index (κ2) is 5.93. The highest BCUT2D eigenvalue weighted by molar-refractivity contribution is 5.96. The van der Waals surface area contributed by atoms with Gasteiger partial charge in [0.15, 0.2) is 0 Å². The van der Waals surface area contributed by atoms with Crippen molar-refractivity contribution in [2.45, 2.75) is 38.3 Å². The second-order valence-electron chi connectivity index (χ2n) is 5.73. The molecule has 3 N–H and O–H groups in total. The maximum Gasteiger partial charge on any atom is 0.251 e. The third kappa shape index (κ3) is 2.70. The first kappa shape index (κ1) is 14.2. The van der Waals surface area contributed by atoms with Gasteiger partial charge < -0.3 is 20.7 Å². The molecule has 2 aliphatic rings. The van der Waals surface area contributed by atoms with E-state index in [4.69, 9.17) is 10.5 Å². The van der Waals surface area contributed by atoms with Crippen molar-refractivity contribution in [3.8, 4) is 0 Å². The summed E-state index contributed by atoms with van der Waals surface area (Å²) in [6.45, 7) is 4.14. The fourth-order valence-electron chi connectivity index (χ4n) is 3.44. The number of ether oxygens (including phenoxy) is 1. The number of rotatable bonds is 3. The number of benzene rings is 1. The molecule has 3 rings (SSSR count). The number of anilines is 2. The monoisotopic (exact) mass is 289 g/mol. The van der Waals surface area contributed by atoms with E-state index in [1.807, 2.05) is 19.1 Å². The van der Waals surface area contributed by atoms with Gasteiger partial charge in [0.1, 0.15) is 0 Å². The molecule has 0 bridgehead atoms. The van der Waals surface area contributed by atoms with Crippen molar-refractivity contribution < 1.29 is 9.53 Å². The molecule has 5 nitrogen and oxygen atoms in total. The lowest BCUT2D eigenvalue weighted by molar-refractivity contribution is 0.0257. The molecule has 2 atom stereocenters. The zero-order chi connectivity index (χ0) is 14.8. The number of nitrogens with zero attached hydrogens (tertiary/aromatic N) is 1. The number of carbonyl (C=O) groups excluding carboxylic acids is 1. The van der Waals surface area contributed by atoms with Gasteiger partial charge in [0.2, 0.25) is 0 Å². The van der Waals surface area contributed by atoms with E-state index in [1.54, 1.807) is 6.07 Å². The van der Waals surface area contributed by atoms with Crippen LogP contribution < -0.4 is 16.0 Å². The third-order valence-corrected chi connectivity index (χ3v) is 4.42. The van der Waals surface area contributed by atoms with Crippen LogP contribution in [0.2, 0.25) is 0 Å². The van der Waals surface area contributed by atoms with E-state index in [9.17, 15) is 4.79 Å². The zero-order valence-corrected chi connectivity index (χ0v) is 12.5.